The molecule has 10 heteroatoms. The SMILES string of the molecule is COc1cc(-c2noc(CO)c2-c2ccc(S(N)(=O)=O)c(F)c2)ccc1Cl. The summed E-state index contributed by atoms with van der Waals surface area (Å²) in [5.41, 5.74) is 1.42. The van der Waals surface area contributed by atoms with Crippen LogP contribution < -0.4 is 9.88 Å². The summed E-state index contributed by atoms with van der Waals surface area (Å²) in [6.45, 7) is -0.494. The lowest BCUT2D eigenvalue weighted by Crippen LogP contribution is -2.14. The molecule has 27 heavy (non-hydrogen) atoms. The lowest BCUT2D eigenvalue weighted by Gasteiger charge is -2.08. The van der Waals surface area contributed by atoms with Crippen LogP contribution in [0.15, 0.2) is 45.8 Å². The van der Waals surface area contributed by atoms with Crippen LogP contribution in [0.3, 0.4) is 0 Å². The van der Waals surface area contributed by atoms with Gasteiger partial charge in [-0.1, -0.05) is 28.9 Å². The van der Waals surface area contributed by atoms with Crippen molar-refractivity contribution in [3.8, 4) is 28.1 Å². The van der Waals surface area contributed by atoms with Crippen LogP contribution >= 0.6 is 11.6 Å². The number of nitrogens with two attached hydrogens (primary N) is 1. The number of benzene rings is 2. The number of rotatable bonds is 5. The molecule has 0 atom stereocenters. The van der Waals surface area contributed by atoms with E-state index in [4.69, 9.17) is 26.0 Å². The predicted octanol–water partition coefficient (Wildman–Crippen LogP) is 2.95. The monoisotopic (exact) mass is 412 g/mol. The Bertz CT molecular complexity index is 1110. The number of hydrogen-bond acceptors (Lipinski definition) is 6. The zero-order chi connectivity index (χ0) is 19.8. The number of methoxy groups -OCH3 is 1. The molecule has 0 saturated carbocycles. The minimum Gasteiger partial charge on any atom is -0.495 e. The minimum atomic E-state index is -4.21. The maximum Gasteiger partial charge on any atom is 0.240 e. The van der Waals surface area contributed by atoms with Gasteiger partial charge in [-0.25, -0.2) is 17.9 Å². The van der Waals surface area contributed by atoms with Gasteiger partial charge in [0.1, 0.15) is 28.8 Å². The van der Waals surface area contributed by atoms with E-state index < -0.39 is 27.3 Å². The fourth-order valence-corrected chi connectivity index (χ4v) is 3.40. The van der Waals surface area contributed by atoms with Gasteiger partial charge in [0, 0.05) is 5.56 Å². The van der Waals surface area contributed by atoms with Crippen molar-refractivity contribution in [2.45, 2.75) is 11.5 Å². The maximum absolute atomic E-state index is 14.3. The Hall–Kier alpha value is -2.46. The first-order valence-electron chi connectivity index (χ1n) is 7.52. The van der Waals surface area contributed by atoms with Crippen molar-refractivity contribution in [3.63, 3.8) is 0 Å². The average molecular weight is 413 g/mol. The summed E-state index contributed by atoms with van der Waals surface area (Å²) in [5.74, 6) is -0.550. The maximum atomic E-state index is 14.3. The third kappa shape index (κ3) is 3.67. The van der Waals surface area contributed by atoms with Gasteiger partial charge in [0.2, 0.25) is 10.0 Å². The van der Waals surface area contributed by atoms with E-state index in [1.54, 1.807) is 18.2 Å². The van der Waals surface area contributed by atoms with Crippen LogP contribution in [0.25, 0.3) is 22.4 Å². The summed E-state index contributed by atoms with van der Waals surface area (Å²) in [4.78, 5) is -0.636. The first kappa shape index (κ1) is 19.3. The lowest BCUT2D eigenvalue weighted by molar-refractivity contribution is 0.230. The van der Waals surface area contributed by atoms with Crippen LogP contribution in [0, 0.1) is 5.82 Å². The second kappa shape index (κ2) is 7.28. The Morgan fingerprint density at radius 1 is 1.26 bits per heavy atom. The average Bonchev–Trinajstić information content (AvgIpc) is 3.05. The van der Waals surface area contributed by atoms with Gasteiger partial charge in [-0.15, -0.1) is 0 Å². The summed E-state index contributed by atoms with van der Waals surface area (Å²) in [5, 5.41) is 18.9. The fraction of sp³-hybridized carbons (Fsp3) is 0.118. The van der Waals surface area contributed by atoms with Gasteiger partial charge >= 0.3 is 0 Å². The van der Waals surface area contributed by atoms with Crippen LogP contribution in [0.4, 0.5) is 4.39 Å². The molecule has 0 fully saturated rings. The number of sulfonamides is 1. The molecule has 0 amide bonds. The van der Waals surface area contributed by atoms with Crippen molar-refractivity contribution in [3.05, 3.63) is 53.0 Å². The van der Waals surface area contributed by atoms with E-state index in [1.807, 2.05) is 0 Å². The molecule has 0 bridgehead atoms. The number of hydrogen-bond donors (Lipinski definition) is 2. The Morgan fingerprint density at radius 2 is 1.96 bits per heavy atom. The van der Waals surface area contributed by atoms with Crippen LogP contribution in [0.5, 0.6) is 5.75 Å². The highest BCUT2D eigenvalue weighted by atomic mass is 35.5. The number of halogens is 2. The Morgan fingerprint density at radius 3 is 2.56 bits per heavy atom. The summed E-state index contributed by atoms with van der Waals surface area (Å²) in [6.07, 6.45) is 0. The van der Waals surface area contributed by atoms with Gasteiger partial charge in [-0.2, -0.15) is 0 Å². The lowest BCUT2D eigenvalue weighted by atomic mass is 9.99. The van der Waals surface area contributed by atoms with Crippen molar-refractivity contribution >= 4 is 21.6 Å². The number of nitrogens with zero attached hydrogens (tertiary/aromatic N) is 1. The molecule has 3 aromatic rings. The summed E-state index contributed by atoms with van der Waals surface area (Å²) < 4.78 is 47.4. The first-order chi connectivity index (χ1) is 12.8. The standard InChI is InChI=1S/C17H14ClFN2O5S/c1-25-13-7-10(2-4-11(13)18)17-16(14(8-22)26-21-17)9-3-5-15(12(19)6-9)27(20,23)24/h2-7,22H,8H2,1H3,(H2,20,23,24). The molecule has 0 saturated heterocycles. The number of aromatic nitrogens is 1. The molecule has 0 aliphatic heterocycles. The van der Waals surface area contributed by atoms with Crippen molar-refractivity contribution < 1.29 is 27.2 Å². The number of ether oxygens (including phenoxy) is 1. The summed E-state index contributed by atoms with van der Waals surface area (Å²) in [7, 11) is -2.75. The molecular weight excluding hydrogens is 399 g/mol. The van der Waals surface area contributed by atoms with Crippen LogP contribution in [-0.4, -0.2) is 25.8 Å². The van der Waals surface area contributed by atoms with Gasteiger partial charge in [0.15, 0.2) is 5.76 Å². The molecule has 1 aromatic heterocycles. The van der Waals surface area contributed by atoms with Gasteiger partial charge in [-0.05, 0) is 29.8 Å². The molecule has 0 unspecified atom stereocenters. The molecule has 3 N–H and O–H groups in total. The van der Waals surface area contributed by atoms with Crippen LogP contribution in [0.1, 0.15) is 5.76 Å². The van der Waals surface area contributed by atoms with E-state index in [0.29, 0.717) is 27.6 Å². The quantitative estimate of drug-likeness (QED) is 0.665. The van der Waals surface area contributed by atoms with Crippen molar-refractivity contribution in [1.29, 1.82) is 0 Å². The number of aliphatic hydroxyl groups excluding tert-OH is 1. The number of aliphatic hydroxyl groups is 1. The molecule has 0 spiro atoms. The van der Waals surface area contributed by atoms with Gasteiger partial charge in [0.25, 0.3) is 0 Å². The van der Waals surface area contributed by atoms with Gasteiger partial charge < -0.3 is 14.4 Å². The summed E-state index contributed by atoms with van der Waals surface area (Å²) >= 11 is 6.03. The molecule has 0 radical (unpaired) electrons. The number of primary sulfonamides is 1. The van der Waals surface area contributed by atoms with Crippen molar-refractivity contribution in [2.24, 2.45) is 5.14 Å². The van der Waals surface area contributed by atoms with Gasteiger partial charge in [0.05, 0.1) is 17.7 Å². The second-order valence-corrected chi connectivity index (χ2v) is 7.46. The highest BCUT2D eigenvalue weighted by Gasteiger charge is 2.22. The first-order valence-corrected chi connectivity index (χ1v) is 9.44. The summed E-state index contributed by atoms with van der Waals surface area (Å²) in [6, 6.07) is 8.24. The predicted molar refractivity (Wildman–Crippen MR) is 96.2 cm³/mol. The van der Waals surface area contributed by atoms with E-state index in [-0.39, 0.29) is 11.3 Å². The Labute approximate surface area is 159 Å². The van der Waals surface area contributed by atoms with Crippen molar-refractivity contribution in [2.75, 3.05) is 7.11 Å². The van der Waals surface area contributed by atoms with Crippen molar-refractivity contribution in [1.82, 2.24) is 5.16 Å². The van der Waals surface area contributed by atoms with Crippen LogP contribution in [0.2, 0.25) is 5.02 Å². The normalized spacial score (nSPS) is 11.6. The highest BCUT2D eigenvalue weighted by Crippen LogP contribution is 2.38. The molecule has 142 valence electrons. The van der Waals surface area contributed by atoms with E-state index >= 15 is 0 Å². The molecule has 1 heterocycles. The van der Waals surface area contributed by atoms with E-state index in [0.717, 1.165) is 12.1 Å². The molecular formula is C17H14ClFN2O5S. The van der Waals surface area contributed by atoms with Gasteiger partial charge in [-0.3, -0.25) is 0 Å². The largest absolute Gasteiger partial charge is 0.495 e. The topological polar surface area (TPSA) is 116 Å². The zero-order valence-electron chi connectivity index (χ0n) is 13.9. The zero-order valence-corrected chi connectivity index (χ0v) is 15.5. The van der Waals surface area contributed by atoms with E-state index in [1.165, 1.54) is 13.2 Å². The molecule has 0 aliphatic rings. The second-order valence-electron chi connectivity index (χ2n) is 5.53. The Balaban J connectivity index is 2.20. The molecule has 7 nitrogen and oxygen atoms in total. The third-order valence-corrected chi connectivity index (χ3v) is 5.11. The highest BCUT2D eigenvalue weighted by molar-refractivity contribution is 7.89. The minimum absolute atomic E-state index is 0.0849. The van der Waals surface area contributed by atoms with E-state index in [2.05, 4.69) is 5.16 Å². The molecule has 0 aliphatic carbocycles. The van der Waals surface area contributed by atoms with E-state index in [9.17, 15) is 17.9 Å². The fourth-order valence-electron chi connectivity index (χ4n) is 2.62. The molecule has 2 aromatic carbocycles. The van der Waals surface area contributed by atoms with Crippen LogP contribution in [-0.2, 0) is 16.6 Å². The smallest absolute Gasteiger partial charge is 0.240 e. The Kier molecular flexibility index (Phi) is 5.20. The third-order valence-electron chi connectivity index (χ3n) is 3.86. The molecule has 3 rings (SSSR count).